The molecule has 6 nitrogen and oxygen atoms in total. The van der Waals surface area contributed by atoms with Crippen molar-refractivity contribution in [2.75, 3.05) is 5.32 Å². The topological polar surface area (TPSA) is 86.2 Å². The largest absolute Gasteiger partial charge is 0.492 e. The predicted molar refractivity (Wildman–Crippen MR) is 122 cm³/mol. The van der Waals surface area contributed by atoms with E-state index in [2.05, 4.69) is 46.0 Å². The van der Waals surface area contributed by atoms with E-state index in [9.17, 15) is 5.11 Å². The van der Waals surface area contributed by atoms with Crippen LogP contribution >= 0.6 is 24.8 Å². The summed E-state index contributed by atoms with van der Waals surface area (Å²) in [6.07, 6.45) is 7.87. The highest BCUT2D eigenvalue weighted by Crippen LogP contribution is 2.61. The minimum absolute atomic E-state index is 0. The molecule has 0 saturated heterocycles. The molecule has 0 amide bonds. The van der Waals surface area contributed by atoms with Crippen molar-refractivity contribution in [2.24, 2.45) is 28.2 Å². The van der Waals surface area contributed by atoms with Gasteiger partial charge in [-0.15, -0.1) is 24.8 Å². The van der Waals surface area contributed by atoms with Crippen LogP contribution in [0.25, 0.3) is 11.6 Å². The first-order valence-corrected chi connectivity index (χ1v) is 9.70. The number of aromatic nitrogens is 3. The molecule has 3 heterocycles. The van der Waals surface area contributed by atoms with E-state index in [-0.39, 0.29) is 30.7 Å². The molecule has 8 heteroatoms. The lowest BCUT2D eigenvalue weighted by atomic mass is 9.45. The maximum atomic E-state index is 10.3. The van der Waals surface area contributed by atoms with Gasteiger partial charge in [-0.1, -0.05) is 20.8 Å². The first kappa shape index (κ1) is 21.7. The number of H-pyrrole nitrogens is 1. The van der Waals surface area contributed by atoms with Crippen molar-refractivity contribution in [3.05, 3.63) is 29.6 Å². The Kier molecular flexibility index (Phi) is 5.71. The average molecular weight is 436 g/mol. The number of aliphatic imine (C=N–C) groups is 1. The minimum atomic E-state index is 0. The lowest BCUT2D eigenvalue weighted by Gasteiger charge is -2.62. The second kappa shape index (κ2) is 7.65. The van der Waals surface area contributed by atoms with Gasteiger partial charge in [-0.2, -0.15) is 4.98 Å². The normalized spacial score (nSPS) is 29.4. The zero-order valence-electron chi connectivity index (χ0n) is 16.7. The number of anilines is 1. The average Bonchev–Trinajstić information content (AvgIpc) is 3.20. The number of nitrogens with zero attached hydrogens (tertiary/aromatic N) is 3. The first-order chi connectivity index (χ1) is 12.9. The molecule has 4 aliphatic rings. The van der Waals surface area contributed by atoms with Crippen LogP contribution in [-0.2, 0) is 0 Å². The maximum absolute atomic E-state index is 10.3. The van der Waals surface area contributed by atoms with Crippen molar-refractivity contribution in [3.63, 3.8) is 0 Å². The van der Waals surface area contributed by atoms with Crippen molar-refractivity contribution < 1.29 is 5.11 Å². The van der Waals surface area contributed by atoms with E-state index in [0.717, 1.165) is 29.4 Å². The quantitative estimate of drug-likeness (QED) is 0.626. The summed E-state index contributed by atoms with van der Waals surface area (Å²) in [6.45, 7) is 7.14. The van der Waals surface area contributed by atoms with Gasteiger partial charge in [-0.05, 0) is 54.2 Å². The van der Waals surface area contributed by atoms with Crippen LogP contribution in [0.5, 0.6) is 5.88 Å². The van der Waals surface area contributed by atoms with Crippen molar-refractivity contribution in [1.29, 1.82) is 0 Å². The van der Waals surface area contributed by atoms with Crippen molar-refractivity contribution in [3.8, 4) is 5.88 Å². The number of hydrogen-bond acceptors (Lipinski definition) is 5. The van der Waals surface area contributed by atoms with Gasteiger partial charge in [0.2, 0.25) is 11.8 Å². The Morgan fingerprint density at radius 2 is 2.07 bits per heavy atom. The molecule has 4 atom stereocenters. The molecular formula is C21H27Cl2N5O. The second-order valence-corrected chi connectivity index (χ2v) is 8.76. The lowest BCUT2D eigenvalue weighted by molar-refractivity contribution is -0.105. The molecule has 156 valence electrons. The third kappa shape index (κ3) is 3.42. The maximum Gasteiger partial charge on any atom is 0.238 e. The van der Waals surface area contributed by atoms with Crippen LogP contribution < -0.4 is 5.32 Å². The fraction of sp³-hybridized carbons (Fsp3) is 0.476. The second-order valence-electron chi connectivity index (χ2n) is 8.76. The monoisotopic (exact) mass is 435 g/mol. The predicted octanol–water partition coefficient (Wildman–Crippen LogP) is 5.09. The molecule has 3 saturated carbocycles. The first-order valence-electron chi connectivity index (χ1n) is 9.70. The molecule has 1 aliphatic heterocycles. The van der Waals surface area contributed by atoms with E-state index in [1.54, 1.807) is 12.4 Å². The van der Waals surface area contributed by atoms with Crippen molar-refractivity contribution in [1.82, 2.24) is 15.0 Å². The third-order valence-electron chi connectivity index (χ3n) is 7.11. The van der Waals surface area contributed by atoms with Crippen LogP contribution in [0.4, 0.5) is 11.8 Å². The Hall–Kier alpha value is -2.05. The van der Waals surface area contributed by atoms with Crippen LogP contribution in [0.1, 0.15) is 44.9 Å². The van der Waals surface area contributed by atoms with Crippen LogP contribution in [0.15, 0.2) is 23.3 Å². The highest BCUT2D eigenvalue weighted by atomic mass is 35.5. The summed E-state index contributed by atoms with van der Waals surface area (Å²) in [5, 5.41) is 13.8. The van der Waals surface area contributed by atoms with E-state index in [4.69, 9.17) is 0 Å². The molecule has 0 spiro atoms. The Labute approximate surface area is 183 Å². The van der Waals surface area contributed by atoms with Crippen LogP contribution in [0.3, 0.4) is 0 Å². The highest BCUT2D eigenvalue weighted by Gasteiger charge is 2.56. The van der Waals surface area contributed by atoms with E-state index >= 15 is 0 Å². The van der Waals surface area contributed by atoms with Gasteiger partial charge in [0.25, 0.3) is 0 Å². The fourth-order valence-electron chi connectivity index (χ4n) is 5.26. The van der Waals surface area contributed by atoms with Crippen molar-refractivity contribution >= 4 is 54.4 Å². The third-order valence-corrected chi connectivity index (χ3v) is 7.11. The zero-order chi connectivity index (χ0) is 18.8. The number of hydrogen-bond donors (Lipinski definition) is 3. The SMILES string of the molecule is C[C@@H]1[C@H]2CC(C[C@H]1Nc1nc(O)c(/C=C3\C=Nc4ncccc43)[nH]1)C2(C)C.Cl.Cl. The Balaban J connectivity index is 0.00000120. The van der Waals surface area contributed by atoms with Gasteiger partial charge < -0.3 is 15.4 Å². The smallest absolute Gasteiger partial charge is 0.238 e. The molecule has 6 rings (SSSR count). The Morgan fingerprint density at radius 3 is 2.79 bits per heavy atom. The molecule has 2 aromatic heterocycles. The van der Waals surface area contributed by atoms with E-state index < -0.39 is 0 Å². The number of rotatable bonds is 3. The van der Waals surface area contributed by atoms with Gasteiger partial charge in [0.1, 0.15) is 5.69 Å². The summed E-state index contributed by atoms with van der Waals surface area (Å²) in [7, 11) is 0. The Bertz CT molecular complexity index is 968. The summed E-state index contributed by atoms with van der Waals surface area (Å²) in [6, 6.07) is 4.26. The van der Waals surface area contributed by atoms with Gasteiger partial charge in [0.05, 0.1) is 0 Å². The number of aromatic amines is 1. The summed E-state index contributed by atoms with van der Waals surface area (Å²) >= 11 is 0. The van der Waals surface area contributed by atoms with E-state index in [0.29, 0.717) is 34.8 Å². The number of imidazole rings is 1. The lowest BCUT2D eigenvalue weighted by Crippen LogP contribution is -2.58. The standard InChI is InChI=1S/C21H25N5O.2ClH/c1-11-15-8-13(21(15,2)3)9-16(11)24-20-25-17(19(27)26-20)7-12-10-23-18-14(12)5-4-6-22-18;;/h4-7,10-11,13,15-16,27H,8-9H2,1-3H3,(H2,24,25,26);2*1H/b12-7+;;/t11-,13?,15-,16-;;/m1../s1. The van der Waals surface area contributed by atoms with Crippen molar-refractivity contribution in [2.45, 2.75) is 39.7 Å². The fourth-order valence-corrected chi connectivity index (χ4v) is 5.26. The number of fused-ring (bicyclic) bond motifs is 3. The molecule has 2 bridgehead atoms. The molecule has 29 heavy (non-hydrogen) atoms. The molecule has 3 fully saturated rings. The molecule has 0 aromatic carbocycles. The van der Waals surface area contributed by atoms with Gasteiger partial charge in [0, 0.05) is 29.6 Å². The summed E-state index contributed by atoms with van der Waals surface area (Å²) in [5.74, 6) is 3.48. The number of aromatic hydroxyl groups is 1. The number of allylic oxidation sites excluding steroid dienone is 1. The summed E-state index contributed by atoms with van der Waals surface area (Å²) < 4.78 is 0. The van der Waals surface area contributed by atoms with Gasteiger partial charge >= 0.3 is 0 Å². The summed E-state index contributed by atoms with van der Waals surface area (Å²) in [4.78, 5) is 16.1. The summed E-state index contributed by atoms with van der Waals surface area (Å²) in [5.41, 5.74) is 2.92. The molecule has 1 unspecified atom stereocenters. The number of nitrogens with one attached hydrogen (secondary N) is 2. The number of halogens is 2. The van der Waals surface area contributed by atoms with Crippen LogP contribution in [-0.4, -0.2) is 32.3 Å². The van der Waals surface area contributed by atoms with Crippen LogP contribution in [0.2, 0.25) is 0 Å². The minimum Gasteiger partial charge on any atom is -0.492 e. The molecule has 3 N–H and O–H groups in total. The highest BCUT2D eigenvalue weighted by molar-refractivity contribution is 6.20. The zero-order valence-corrected chi connectivity index (χ0v) is 18.3. The van der Waals surface area contributed by atoms with Crippen LogP contribution in [0, 0.1) is 23.2 Å². The number of pyridine rings is 1. The van der Waals surface area contributed by atoms with Gasteiger partial charge in [-0.3, -0.25) is 0 Å². The molecule has 2 aromatic rings. The molecular weight excluding hydrogens is 409 g/mol. The Morgan fingerprint density at radius 1 is 1.28 bits per heavy atom. The van der Waals surface area contributed by atoms with E-state index in [1.165, 1.54) is 6.42 Å². The van der Waals surface area contributed by atoms with E-state index in [1.807, 2.05) is 18.2 Å². The molecule has 3 aliphatic carbocycles. The van der Waals surface area contributed by atoms with Gasteiger partial charge in [-0.25, -0.2) is 9.98 Å². The molecule has 0 radical (unpaired) electrons. The van der Waals surface area contributed by atoms with Gasteiger partial charge in [0.15, 0.2) is 5.82 Å².